The molecule has 9 heteroatoms. The molecule has 0 bridgehead atoms. The average molecular weight is 293 g/mol. The van der Waals surface area contributed by atoms with Gasteiger partial charge in [-0.15, -0.1) is 12.4 Å². The van der Waals surface area contributed by atoms with Gasteiger partial charge in [-0.2, -0.15) is 26.3 Å². The number of alkyl halides is 6. The van der Waals surface area contributed by atoms with Crippen molar-refractivity contribution >= 4 is 18.2 Å². The van der Waals surface area contributed by atoms with E-state index in [1.165, 1.54) is 0 Å². The van der Waals surface area contributed by atoms with Crippen LogP contribution in [0.25, 0.3) is 0 Å². The van der Waals surface area contributed by atoms with Crippen molar-refractivity contribution in [2.75, 3.05) is 0 Å². The zero-order valence-electron chi connectivity index (χ0n) is 8.49. The van der Waals surface area contributed by atoms with Gasteiger partial charge in [0.1, 0.15) is 5.84 Å². The van der Waals surface area contributed by atoms with Crippen LogP contribution in [0.4, 0.5) is 26.3 Å². The zero-order valence-corrected chi connectivity index (χ0v) is 9.30. The molecule has 0 aliphatic carbocycles. The lowest BCUT2D eigenvalue weighted by atomic mass is 9.99. The minimum absolute atomic E-state index is 0. The quantitative estimate of drug-likeness (QED) is 0.465. The van der Waals surface area contributed by atoms with Crippen molar-refractivity contribution in [1.82, 2.24) is 0 Å². The van der Waals surface area contributed by atoms with E-state index in [0.717, 1.165) is 12.1 Å². The van der Waals surface area contributed by atoms with E-state index < -0.39 is 34.9 Å². The second-order valence-corrected chi connectivity index (χ2v) is 3.14. The molecular formula is C9H7ClF6N2. The Morgan fingerprint density at radius 1 is 1.00 bits per heavy atom. The van der Waals surface area contributed by atoms with Gasteiger partial charge in [0.05, 0.1) is 11.1 Å². The number of nitrogen functional groups attached to an aromatic ring is 1. The third-order valence-corrected chi connectivity index (χ3v) is 1.94. The van der Waals surface area contributed by atoms with Gasteiger partial charge in [-0.05, 0) is 6.07 Å². The Hall–Kier alpha value is -1.44. The first kappa shape index (κ1) is 16.6. The molecule has 1 aromatic carbocycles. The Morgan fingerprint density at radius 2 is 1.50 bits per heavy atom. The van der Waals surface area contributed by atoms with E-state index in [2.05, 4.69) is 0 Å². The molecule has 0 spiro atoms. The van der Waals surface area contributed by atoms with Crippen molar-refractivity contribution in [2.24, 2.45) is 5.73 Å². The van der Waals surface area contributed by atoms with E-state index in [-0.39, 0.29) is 12.4 Å². The molecule has 0 fully saturated rings. The topological polar surface area (TPSA) is 49.9 Å². The van der Waals surface area contributed by atoms with Crippen LogP contribution in [0.3, 0.4) is 0 Å². The molecular weight excluding hydrogens is 286 g/mol. The molecule has 0 amide bonds. The second-order valence-electron chi connectivity index (χ2n) is 3.14. The minimum atomic E-state index is -5.23. The Kier molecular flexibility index (Phi) is 4.65. The molecule has 0 radical (unpaired) electrons. The summed E-state index contributed by atoms with van der Waals surface area (Å²) in [6, 6.07) is 1.80. The number of benzene rings is 1. The van der Waals surface area contributed by atoms with E-state index in [1.807, 2.05) is 0 Å². The first-order valence-electron chi connectivity index (χ1n) is 4.17. The highest BCUT2D eigenvalue weighted by Gasteiger charge is 2.44. The van der Waals surface area contributed by atoms with Crippen molar-refractivity contribution in [3.8, 4) is 0 Å². The highest BCUT2D eigenvalue weighted by Crippen LogP contribution is 2.41. The van der Waals surface area contributed by atoms with Crippen LogP contribution in [-0.4, -0.2) is 5.84 Å². The SMILES string of the molecule is Cl.N=C(N)c1cccc(C(F)(F)F)c1C(F)(F)F. The fraction of sp³-hybridized carbons (Fsp3) is 0.222. The Labute approximate surface area is 104 Å². The van der Waals surface area contributed by atoms with E-state index in [9.17, 15) is 26.3 Å². The number of nitrogens with one attached hydrogen (secondary N) is 1. The summed E-state index contributed by atoms with van der Waals surface area (Å²) in [6.45, 7) is 0. The van der Waals surface area contributed by atoms with Crippen LogP contribution in [-0.2, 0) is 12.4 Å². The summed E-state index contributed by atoms with van der Waals surface area (Å²) in [6.07, 6.45) is -10.4. The van der Waals surface area contributed by atoms with E-state index in [1.54, 1.807) is 0 Å². The molecule has 1 rings (SSSR count). The summed E-state index contributed by atoms with van der Waals surface area (Å²) in [4.78, 5) is 0. The summed E-state index contributed by atoms with van der Waals surface area (Å²) >= 11 is 0. The van der Waals surface area contributed by atoms with Crippen molar-refractivity contribution in [3.63, 3.8) is 0 Å². The largest absolute Gasteiger partial charge is 0.417 e. The van der Waals surface area contributed by atoms with Gasteiger partial charge in [0.15, 0.2) is 0 Å². The van der Waals surface area contributed by atoms with Crippen LogP contribution < -0.4 is 5.73 Å². The lowest BCUT2D eigenvalue weighted by Gasteiger charge is -2.18. The van der Waals surface area contributed by atoms with Gasteiger partial charge in [-0.25, -0.2) is 0 Å². The smallest absolute Gasteiger partial charge is 0.384 e. The van der Waals surface area contributed by atoms with Crippen LogP contribution in [0.1, 0.15) is 16.7 Å². The van der Waals surface area contributed by atoms with Crippen LogP contribution >= 0.6 is 12.4 Å². The van der Waals surface area contributed by atoms with Gasteiger partial charge < -0.3 is 5.73 Å². The van der Waals surface area contributed by atoms with Crippen molar-refractivity contribution in [2.45, 2.75) is 12.4 Å². The van der Waals surface area contributed by atoms with Gasteiger partial charge in [0.25, 0.3) is 0 Å². The average Bonchev–Trinajstić information content (AvgIpc) is 2.13. The van der Waals surface area contributed by atoms with Crippen molar-refractivity contribution < 1.29 is 26.3 Å². The Bertz CT molecular complexity index is 451. The number of amidine groups is 1. The number of nitrogens with two attached hydrogens (primary N) is 1. The van der Waals surface area contributed by atoms with Crippen LogP contribution in [0.5, 0.6) is 0 Å². The van der Waals surface area contributed by atoms with Crippen LogP contribution in [0.15, 0.2) is 18.2 Å². The summed E-state index contributed by atoms with van der Waals surface area (Å²) < 4.78 is 74.9. The van der Waals surface area contributed by atoms with E-state index >= 15 is 0 Å². The zero-order chi connectivity index (χ0) is 13.4. The summed E-state index contributed by atoms with van der Waals surface area (Å²) in [5.41, 5.74) is 0.0801. The minimum Gasteiger partial charge on any atom is -0.384 e. The third-order valence-electron chi connectivity index (χ3n) is 1.94. The molecule has 0 saturated heterocycles. The van der Waals surface area contributed by atoms with Gasteiger partial charge in [0.2, 0.25) is 0 Å². The second kappa shape index (κ2) is 5.05. The first-order valence-corrected chi connectivity index (χ1v) is 4.17. The van der Waals surface area contributed by atoms with Crippen LogP contribution in [0, 0.1) is 5.41 Å². The fourth-order valence-electron chi connectivity index (χ4n) is 1.32. The Balaban J connectivity index is 0.00000289. The predicted octanol–water partition coefficient (Wildman–Crippen LogP) is 3.43. The highest BCUT2D eigenvalue weighted by molar-refractivity contribution is 5.97. The molecule has 0 saturated carbocycles. The summed E-state index contributed by atoms with van der Waals surface area (Å²) in [5.74, 6) is -1.07. The van der Waals surface area contributed by atoms with Crippen LogP contribution in [0.2, 0.25) is 0 Å². The number of halogens is 7. The molecule has 3 N–H and O–H groups in total. The molecule has 0 aromatic heterocycles. The lowest BCUT2D eigenvalue weighted by molar-refractivity contribution is -0.162. The maximum absolute atomic E-state index is 12.5. The predicted molar refractivity (Wildman–Crippen MR) is 54.7 cm³/mol. The van der Waals surface area contributed by atoms with E-state index in [4.69, 9.17) is 11.1 Å². The number of rotatable bonds is 1. The van der Waals surface area contributed by atoms with Gasteiger partial charge in [-0.1, -0.05) is 12.1 Å². The lowest BCUT2D eigenvalue weighted by Crippen LogP contribution is -2.23. The van der Waals surface area contributed by atoms with Crippen molar-refractivity contribution in [1.29, 1.82) is 5.41 Å². The molecule has 0 atom stereocenters. The fourth-order valence-corrected chi connectivity index (χ4v) is 1.32. The molecule has 1 aromatic rings. The molecule has 0 unspecified atom stereocenters. The normalized spacial score (nSPS) is 11.9. The van der Waals surface area contributed by atoms with Crippen molar-refractivity contribution in [3.05, 3.63) is 34.9 Å². The summed E-state index contributed by atoms with van der Waals surface area (Å²) in [5, 5.41) is 6.87. The first-order chi connectivity index (χ1) is 7.55. The molecule has 102 valence electrons. The van der Waals surface area contributed by atoms with Gasteiger partial charge >= 0.3 is 12.4 Å². The maximum atomic E-state index is 12.5. The molecule has 0 heterocycles. The Morgan fingerprint density at radius 3 is 1.83 bits per heavy atom. The van der Waals surface area contributed by atoms with E-state index in [0.29, 0.717) is 6.07 Å². The maximum Gasteiger partial charge on any atom is 0.417 e. The van der Waals surface area contributed by atoms with Gasteiger partial charge in [-0.3, -0.25) is 5.41 Å². The molecule has 18 heavy (non-hydrogen) atoms. The number of hydrogen-bond acceptors (Lipinski definition) is 1. The summed E-state index contributed by atoms with van der Waals surface area (Å²) in [7, 11) is 0. The monoisotopic (exact) mass is 292 g/mol. The third kappa shape index (κ3) is 3.28. The molecule has 0 aliphatic rings. The molecule has 0 aliphatic heterocycles. The standard InChI is InChI=1S/C9H6F6N2.ClH/c10-8(11,12)5-3-1-2-4(7(16)17)6(5)9(13,14)15;/h1-3H,(H3,16,17);1H. The highest BCUT2D eigenvalue weighted by atomic mass is 35.5. The van der Waals surface area contributed by atoms with Gasteiger partial charge in [0, 0.05) is 5.56 Å². The molecule has 2 nitrogen and oxygen atoms in total. The number of hydrogen-bond donors (Lipinski definition) is 2.